The fourth-order valence-corrected chi connectivity index (χ4v) is 2.15. The number of hydrogen-bond acceptors (Lipinski definition) is 3. The van der Waals surface area contributed by atoms with Gasteiger partial charge in [0, 0.05) is 16.8 Å². The molecule has 0 saturated heterocycles. The van der Waals surface area contributed by atoms with Gasteiger partial charge in [0.2, 0.25) is 0 Å². The van der Waals surface area contributed by atoms with E-state index in [0.717, 1.165) is 5.75 Å². The van der Waals surface area contributed by atoms with Gasteiger partial charge in [-0.25, -0.2) is 0 Å². The number of carbonyl (C=O) groups is 1. The number of para-hydroxylation sites is 1. The summed E-state index contributed by atoms with van der Waals surface area (Å²) < 4.78 is 5.71. The molecule has 2 N–H and O–H groups in total. The number of nitrogens with two attached hydrogens (primary N) is 1. The lowest BCUT2D eigenvalue weighted by Crippen LogP contribution is -2.01. The van der Waals surface area contributed by atoms with Crippen molar-refractivity contribution in [1.29, 1.82) is 0 Å². The number of ether oxygens (including phenoxy) is 1. The van der Waals surface area contributed by atoms with Crippen LogP contribution in [0.15, 0.2) is 78.9 Å². The number of benzene rings is 3. The quantitative estimate of drug-likeness (QED) is 0.575. The Morgan fingerprint density at radius 2 is 1.41 bits per heavy atom. The van der Waals surface area contributed by atoms with Crippen molar-refractivity contribution in [2.75, 3.05) is 5.73 Å². The summed E-state index contributed by atoms with van der Waals surface area (Å²) in [5, 5.41) is 0. The molecule has 0 unspecified atom stereocenters. The number of nitrogen functional groups attached to an aromatic ring is 1. The minimum Gasteiger partial charge on any atom is -0.457 e. The van der Waals surface area contributed by atoms with Crippen LogP contribution >= 0.6 is 0 Å². The van der Waals surface area contributed by atoms with Crippen molar-refractivity contribution in [3.8, 4) is 11.5 Å². The van der Waals surface area contributed by atoms with Crippen molar-refractivity contribution in [2.45, 2.75) is 0 Å². The molecule has 108 valence electrons. The first kappa shape index (κ1) is 13.9. The minimum absolute atomic E-state index is 0.0569. The van der Waals surface area contributed by atoms with E-state index in [1.54, 1.807) is 48.5 Å². The molecule has 0 spiro atoms. The van der Waals surface area contributed by atoms with Crippen molar-refractivity contribution in [2.24, 2.45) is 0 Å². The van der Waals surface area contributed by atoms with E-state index in [1.807, 2.05) is 30.3 Å². The van der Waals surface area contributed by atoms with Crippen LogP contribution in [0.4, 0.5) is 5.69 Å². The van der Waals surface area contributed by atoms with Gasteiger partial charge >= 0.3 is 0 Å². The molecule has 0 aromatic heterocycles. The molecule has 3 heteroatoms. The Bertz CT molecular complexity index is 780. The maximum absolute atomic E-state index is 12.4. The minimum atomic E-state index is -0.0569. The second-order valence-corrected chi connectivity index (χ2v) is 4.89. The van der Waals surface area contributed by atoms with E-state index in [-0.39, 0.29) is 5.78 Å². The van der Waals surface area contributed by atoms with Crippen LogP contribution in [0.2, 0.25) is 0 Å². The zero-order valence-electron chi connectivity index (χ0n) is 11.9. The molecular formula is C19H15NO2. The van der Waals surface area contributed by atoms with Gasteiger partial charge in [0.25, 0.3) is 0 Å². The highest BCUT2D eigenvalue weighted by Crippen LogP contribution is 2.22. The van der Waals surface area contributed by atoms with E-state index in [4.69, 9.17) is 10.5 Å². The van der Waals surface area contributed by atoms with Gasteiger partial charge in [-0.05, 0) is 48.5 Å². The SMILES string of the molecule is Nc1cccc(C(=O)c2ccc(Oc3ccccc3)cc2)c1. The molecule has 0 heterocycles. The van der Waals surface area contributed by atoms with E-state index in [2.05, 4.69) is 0 Å². The van der Waals surface area contributed by atoms with E-state index in [9.17, 15) is 4.79 Å². The van der Waals surface area contributed by atoms with Gasteiger partial charge in [-0.2, -0.15) is 0 Å². The number of anilines is 1. The summed E-state index contributed by atoms with van der Waals surface area (Å²) in [6.45, 7) is 0. The second-order valence-electron chi connectivity index (χ2n) is 4.89. The fraction of sp³-hybridized carbons (Fsp3) is 0. The highest BCUT2D eigenvalue weighted by atomic mass is 16.5. The first-order valence-corrected chi connectivity index (χ1v) is 6.95. The summed E-state index contributed by atoms with van der Waals surface area (Å²) in [5.41, 5.74) is 7.47. The summed E-state index contributed by atoms with van der Waals surface area (Å²) in [7, 11) is 0. The van der Waals surface area contributed by atoms with Crippen LogP contribution in [0.3, 0.4) is 0 Å². The molecule has 0 aliphatic carbocycles. The summed E-state index contributed by atoms with van der Waals surface area (Å²) in [5.74, 6) is 1.39. The molecule has 0 fully saturated rings. The standard InChI is InChI=1S/C19H15NO2/c20-16-6-4-5-15(13-16)19(21)14-9-11-18(12-10-14)22-17-7-2-1-3-8-17/h1-13H,20H2. The molecule has 0 radical (unpaired) electrons. The molecule has 0 aliphatic heterocycles. The topological polar surface area (TPSA) is 52.3 Å². The molecule has 0 saturated carbocycles. The van der Waals surface area contributed by atoms with Gasteiger partial charge in [-0.3, -0.25) is 4.79 Å². The predicted molar refractivity (Wildman–Crippen MR) is 87.2 cm³/mol. The average Bonchev–Trinajstić information content (AvgIpc) is 2.56. The lowest BCUT2D eigenvalue weighted by Gasteiger charge is -2.07. The Labute approximate surface area is 129 Å². The zero-order chi connectivity index (χ0) is 15.4. The smallest absolute Gasteiger partial charge is 0.193 e. The van der Waals surface area contributed by atoms with Crippen LogP contribution in [0.1, 0.15) is 15.9 Å². The number of carbonyl (C=O) groups excluding carboxylic acids is 1. The maximum atomic E-state index is 12.4. The fourth-order valence-electron chi connectivity index (χ4n) is 2.15. The van der Waals surface area contributed by atoms with E-state index < -0.39 is 0 Å². The molecule has 22 heavy (non-hydrogen) atoms. The van der Waals surface area contributed by atoms with Gasteiger partial charge in [0.05, 0.1) is 0 Å². The number of ketones is 1. The molecular weight excluding hydrogens is 274 g/mol. The maximum Gasteiger partial charge on any atom is 0.193 e. The van der Waals surface area contributed by atoms with Crippen molar-refractivity contribution in [1.82, 2.24) is 0 Å². The van der Waals surface area contributed by atoms with Crippen LogP contribution in [-0.2, 0) is 0 Å². The van der Waals surface area contributed by atoms with Gasteiger partial charge < -0.3 is 10.5 Å². The third-order valence-electron chi connectivity index (χ3n) is 3.24. The number of hydrogen-bond donors (Lipinski definition) is 1. The summed E-state index contributed by atoms with van der Waals surface area (Å²) in [6, 6.07) is 23.6. The highest BCUT2D eigenvalue weighted by Gasteiger charge is 2.09. The van der Waals surface area contributed by atoms with Crippen LogP contribution in [0.25, 0.3) is 0 Å². The Balaban J connectivity index is 1.78. The molecule has 3 aromatic carbocycles. The Morgan fingerprint density at radius 1 is 0.727 bits per heavy atom. The lowest BCUT2D eigenvalue weighted by molar-refractivity contribution is 0.103. The molecule has 0 amide bonds. The Kier molecular flexibility index (Phi) is 3.88. The number of rotatable bonds is 4. The molecule has 3 aromatic rings. The van der Waals surface area contributed by atoms with Crippen LogP contribution in [0.5, 0.6) is 11.5 Å². The van der Waals surface area contributed by atoms with Crippen molar-refractivity contribution in [3.63, 3.8) is 0 Å². The third-order valence-corrected chi connectivity index (χ3v) is 3.24. The molecule has 3 rings (SSSR count). The van der Waals surface area contributed by atoms with Crippen molar-refractivity contribution in [3.05, 3.63) is 90.0 Å². The van der Waals surface area contributed by atoms with Crippen LogP contribution < -0.4 is 10.5 Å². The third kappa shape index (κ3) is 3.15. The molecule has 0 aliphatic rings. The summed E-state index contributed by atoms with van der Waals surface area (Å²) >= 11 is 0. The second kappa shape index (κ2) is 6.14. The monoisotopic (exact) mass is 289 g/mol. The van der Waals surface area contributed by atoms with Crippen LogP contribution in [-0.4, -0.2) is 5.78 Å². The first-order chi connectivity index (χ1) is 10.7. The van der Waals surface area contributed by atoms with Gasteiger partial charge in [0.15, 0.2) is 5.78 Å². The lowest BCUT2D eigenvalue weighted by atomic mass is 10.0. The van der Waals surface area contributed by atoms with Gasteiger partial charge in [-0.15, -0.1) is 0 Å². The van der Waals surface area contributed by atoms with Crippen molar-refractivity contribution >= 4 is 11.5 Å². The Hall–Kier alpha value is -3.07. The molecule has 0 atom stereocenters. The predicted octanol–water partition coefficient (Wildman–Crippen LogP) is 4.29. The van der Waals surface area contributed by atoms with E-state index in [1.165, 1.54) is 0 Å². The summed E-state index contributed by atoms with van der Waals surface area (Å²) in [6.07, 6.45) is 0. The van der Waals surface area contributed by atoms with E-state index >= 15 is 0 Å². The van der Waals surface area contributed by atoms with Gasteiger partial charge in [0.1, 0.15) is 11.5 Å². The van der Waals surface area contributed by atoms with Crippen LogP contribution in [0, 0.1) is 0 Å². The molecule has 3 nitrogen and oxygen atoms in total. The summed E-state index contributed by atoms with van der Waals surface area (Å²) in [4.78, 5) is 12.4. The largest absolute Gasteiger partial charge is 0.457 e. The molecule has 0 bridgehead atoms. The Morgan fingerprint density at radius 3 is 2.09 bits per heavy atom. The zero-order valence-corrected chi connectivity index (χ0v) is 11.9. The van der Waals surface area contributed by atoms with E-state index in [0.29, 0.717) is 22.6 Å². The van der Waals surface area contributed by atoms with Gasteiger partial charge in [-0.1, -0.05) is 30.3 Å². The van der Waals surface area contributed by atoms with Crippen molar-refractivity contribution < 1.29 is 9.53 Å². The normalized spacial score (nSPS) is 10.2. The highest BCUT2D eigenvalue weighted by molar-refractivity contribution is 6.09. The first-order valence-electron chi connectivity index (χ1n) is 6.95. The average molecular weight is 289 g/mol.